The summed E-state index contributed by atoms with van der Waals surface area (Å²) in [4.78, 5) is 5.10. The normalized spacial score (nSPS) is 19.6. The van der Waals surface area contributed by atoms with E-state index in [4.69, 9.17) is 4.99 Å². The maximum absolute atomic E-state index is 5.10. The van der Waals surface area contributed by atoms with Crippen LogP contribution >= 0.6 is 0 Å². The van der Waals surface area contributed by atoms with Gasteiger partial charge in [0.15, 0.2) is 0 Å². The summed E-state index contributed by atoms with van der Waals surface area (Å²) in [7, 11) is 0. The van der Waals surface area contributed by atoms with E-state index in [1.54, 1.807) is 0 Å². The summed E-state index contributed by atoms with van der Waals surface area (Å²) in [6.45, 7) is 6.56. The average molecular weight is 437 g/mol. The van der Waals surface area contributed by atoms with Crippen molar-refractivity contribution in [2.24, 2.45) is 4.99 Å². The lowest BCUT2D eigenvalue weighted by Crippen LogP contribution is -2.39. The third kappa shape index (κ3) is 4.82. The Morgan fingerprint density at radius 2 is 1.76 bits per heavy atom. The van der Waals surface area contributed by atoms with E-state index in [1.165, 1.54) is 77.5 Å². The van der Waals surface area contributed by atoms with E-state index in [-0.39, 0.29) is 6.04 Å². The SMILES string of the molecule is CC(=NC(C)c1ccc2c(c1)CCCC2NC1CCC1)c1ccc(-c2ccccc2)c(C)c1. The predicted octanol–water partition coefficient (Wildman–Crippen LogP) is 7.75. The molecule has 2 heteroatoms. The molecule has 0 radical (unpaired) electrons. The Hall–Kier alpha value is -2.71. The quantitative estimate of drug-likeness (QED) is 0.392. The highest BCUT2D eigenvalue weighted by atomic mass is 15.0. The van der Waals surface area contributed by atoms with Crippen molar-refractivity contribution < 1.29 is 0 Å². The fourth-order valence-electron chi connectivity index (χ4n) is 5.40. The van der Waals surface area contributed by atoms with Crippen molar-refractivity contribution in [2.45, 2.75) is 77.4 Å². The Morgan fingerprint density at radius 3 is 2.48 bits per heavy atom. The molecule has 0 saturated heterocycles. The predicted molar refractivity (Wildman–Crippen MR) is 140 cm³/mol. The van der Waals surface area contributed by atoms with Crippen molar-refractivity contribution >= 4 is 5.71 Å². The summed E-state index contributed by atoms with van der Waals surface area (Å²) in [5.41, 5.74) is 10.5. The number of aliphatic imine (C=N–C) groups is 1. The number of hydrogen-bond acceptors (Lipinski definition) is 2. The Bertz CT molecular complexity index is 1140. The summed E-state index contributed by atoms with van der Waals surface area (Å²) in [6, 6.07) is 25.9. The van der Waals surface area contributed by atoms with E-state index < -0.39 is 0 Å². The monoisotopic (exact) mass is 436 g/mol. The van der Waals surface area contributed by atoms with Crippen LogP contribution in [0, 0.1) is 6.92 Å². The molecule has 2 aliphatic rings. The van der Waals surface area contributed by atoms with Crippen LogP contribution in [0.25, 0.3) is 11.1 Å². The standard InChI is InChI=1S/C31H36N2/c1-21-19-25(15-17-29(21)24-9-5-4-6-10-24)22(2)32-23(3)26-16-18-30-27(20-26)11-7-14-31(30)33-28-12-8-13-28/h4-6,9-10,15-20,23,28,31,33H,7-8,11-14H2,1-3H3. The lowest BCUT2D eigenvalue weighted by molar-refractivity contribution is 0.290. The Kier molecular flexibility index (Phi) is 6.46. The number of fused-ring (bicyclic) bond motifs is 1. The third-order valence-electron chi connectivity index (χ3n) is 7.62. The molecule has 1 saturated carbocycles. The van der Waals surface area contributed by atoms with Crippen LogP contribution in [0.15, 0.2) is 71.7 Å². The summed E-state index contributed by atoms with van der Waals surface area (Å²) in [5.74, 6) is 0. The molecule has 5 rings (SSSR count). The zero-order valence-corrected chi connectivity index (χ0v) is 20.3. The van der Waals surface area contributed by atoms with Gasteiger partial charge in [0, 0.05) is 17.8 Å². The molecule has 170 valence electrons. The van der Waals surface area contributed by atoms with Gasteiger partial charge in [-0.25, -0.2) is 0 Å². The first-order valence-electron chi connectivity index (χ1n) is 12.7. The molecule has 3 aromatic rings. The number of nitrogens with zero attached hydrogens (tertiary/aromatic N) is 1. The number of aryl methyl sites for hydroxylation is 2. The van der Waals surface area contributed by atoms with E-state index in [1.807, 2.05) is 0 Å². The molecule has 2 nitrogen and oxygen atoms in total. The molecule has 2 aliphatic carbocycles. The molecule has 0 aromatic heterocycles. The lowest BCUT2D eigenvalue weighted by Gasteiger charge is -2.35. The first-order valence-corrected chi connectivity index (χ1v) is 12.7. The van der Waals surface area contributed by atoms with E-state index >= 15 is 0 Å². The molecular weight excluding hydrogens is 400 g/mol. The van der Waals surface area contributed by atoms with Crippen LogP contribution in [0.5, 0.6) is 0 Å². The summed E-state index contributed by atoms with van der Waals surface area (Å²) in [5, 5.41) is 3.91. The largest absolute Gasteiger partial charge is 0.307 e. The van der Waals surface area contributed by atoms with Crippen LogP contribution in [-0.2, 0) is 6.42 Å². The zero-order valence-electron chi connectivity index (χ0n) is 20.3. The molecule has 1 fully saturated rings. The van der Waals surface area contributed by atoms with E-state index in [2.05, 4.69) is 92.8 Å². The zero-order chi connectivity index (χ0) is 22.8. The van der Waals surface area contributed by atoms with Crippen molar-refractivity contribution in [3.63, 3.8) is 0 Å². The van der Waals surface area contributed by atoms with Crippen molar-refractivity contribution in [1.82, 2.24) is 5.32 Å². The minimum Gasteiger partial charge on any atom is -0.307 e. The molecule has 2 atom stereocenters. The van der Waals surface area contributed by atoms with Crippen LogP contribution < -0.4 is 5.32 Å². The van der Waals surface area contributed by atoms with Crippen LogP contribution in [0.1, 0.15) is 85.9 Å². The maximum Gasteiger partial charge on any atom is 0.0724 e. The molecule has 0 heterocycles. The second kappa shape index (κ2) is 9.65. The molecule has 0 spiro atoms. The molecule has 2 unspecified atom stereocenters. The molecule has 3 aromatic carbocycles. The molecular formula is C31H36N2. The van der Waals surface area contributed by atoms with Gasteiger partial charge in [-0.1, -0.05) is 67.1 Å². The highest BCUT2D eigenvalue weighted by molar-refractivity contribution is 5.99. The summed E-state index contributed by atoms with van der Waals surface area (Å²) >= 11 is 0. The molecule has 0 amide bonds. The highest BCUT2D eigenvalue weighted by Gasteiger charge is 2.26. The smallest absolute Gasteiger partial charge is 0.0724 e. The van der Waals surface area contributed by atoms with Gasteiger partial charge in [0.2, 0.25) is 0 Å². The van der Waals surface area contributed by atoms with Gasteiger partial charge in [-0.3, -0.25) is 4.99 Å². The minimum absolute atomic E-state index is 0.157. The van der Waals surface area contributed by atoms with Gasteiger partial charge >= 0.3 is 0 Å². The summed E-state index contributed by atoms with van der Waals surface area (Å²) in [6.07, 6.45) is 7.83. The minimum atomic E-state index is 0.157. The fourth-order valence-corrected chi connectivity index (χ4v) is 5.40. The van der Waals surface area contributed by atoms with Gasteiger partial charge in [-0.15, -0.1) is 0 Å². The van der Waals surface area contributed by atoms with Gasteiger partial charge in [0.25, 0.3) is 0 Å². The fraction of sp³-hybridized carbons (Fsp3) is 0.387. The van der Waals surface area contributed by atoms with Gasteiger partial charge in [0.1, 0.15) is 0 Å². The van der Waals surface area contributed by atoms with Crippen molar-refractivity contribution in [2.75, 3.05) is 0 Å². The Balaban J connectivity index is 1.33. The van der Waals surface area contributed by atoms with Crippen LogP contribution in [0.4, 0.5) is 0 Å². The topological polar surface area (TPSA) is 24.4 Å². The number of rotatable bonds is 6. The van der Waals surface area contributed by atoms with E-state index in [9.17, 15) is 0 Å². The third-order valence-corrected chi connectivity index (χ3v) is 7.62. The second-order valence-electron chi connectivity index (χ2n) is 9.98. The van der Waals surface area contributed by atoms with Crippen LogP contribution in [-0.4, -0.2) is 11.8 Å². The summed E-state index contributed by atoms with van der Waals surface area (Å²) < 4.78 is 0. The van der Waals surface area contributed by atoms with Crippen molar-refractivity contribution in [3.8, 4) is 11.1 Å². The number of nitrogens with one attached hydrogen (secondary N) is 1. The highest BCUT2D eigenvalue weighted by Crippen LogP contribution is 2.34. The van der Waals surface area contributed by atoms with Gasteiger partial charge in [0.05, 0.1) is 6.04 Å². The van der Waals surface area contributed by atoms with E-state index in [0.29, 0.717) is 6.04 Å². The lowest BCUT2D eigenvalue weighted by atomic mass is 9.84. The van der Waals surface area contributed by atoms with Crippen molar-refractivity contribution in [3.05, 3.63) is 94.5 Å². The molecule has 0 aliphatic heterocycles. The number of hydrogen-bond donors (Lipinski definition) is 1. The number of benzene rings is 3. The maximum atomic E-state index is 5.10. The van der Waals surface area contributed by atoms with Crippen molar-refractivity contribution in [1.29, 1.82) is 0 Å². The van der Waals surface area contributed by atoms with E-state index in [0.717, 1.165) is 11.8 Å². The van der Waals surface area contributed by atoms with Crippen LogP contribution in [0.3, 0.4) is 0 Å². The first kappa shape index (κ1) is 22.1. The first-order chi connectivity index (χ1) is 16.1. The van der Waals surface area contributed by atoms with Gasteiger partial charge < -0.3 is 5.32 Å². The Morgan fingerprint density at radius 1 is 0.939 bits per heavy atom. The van der Waals surface area contributed by atoms with Gasteiger partial charge in [-0.2, -0.15) is 0 Å². The molecule has 0 bridgehead atoms. The molecule has 33 heavy (non-hydrogen) atoms. The average Bonchev–Trinajstić information content (AvgIpc) is 2.81. The second-order valence-corrected chi connectivity index (χ2v) is 9.98. The Labute approximate surface area is 199 Å². The van der Waals surface area contributed by atoms with Crippen LogP contribution in [0.2, 0.25) is 0 Å². The molecule has 1 N–H and O–H groups in total. The van der Waals surface area contributed by atoms with Gasteiger partial charge in [-0.05, 0) is 97.9 Å².